The summed E-state index contributed by atoms with van der Waals surface area (Å²) >= 11 is 0. The Labute approximate surface area is 108 Å². The van der Waals surface area contributed by atoms with Gasteiger partial charge in [-0.2, -0.15) is 26.3 Å². The van der Waals surface area contributed by atoms with Gasteiger partial charge in [0.05, 0.1) is 11.1 Å². The second-order valence-corrected chi connectivity index (χ2v) is 3.71. The lowest BCUT2D eigenvalue weighted by Gasteiger charge is -2.15. The first kappa shape index (κ1) is 14.3. The van der Waals surface area contributed by atoms with Gasteiger partial charge in [-0.05, 0) is 18.2 Å². The van der Waals surface area contributed by atoms with Gasteiger partial charge in [0, 0.05) is 6.07 Å². The fraction of sp³-hybridized carbons (Fsp3) is 0.167. The second kappa shape index (κ2) is 4.77. The molecule has 0 bridgehead atoms. The van der Waals surface area contributed by atoms with Crippen molar-refractivity contribution >= 4 is 0 Å². The number of hydrogen-bond donors (Lipinski definition) is 0. The third-order valence-corrected chi connectivity index (χ3v) is 2.29. The van der Waals surface area contributed by atoms with E-state index >= 15 is 0 Å². The van der Waals surface area contributed by atoms with Gasteiger partial charge in [0.25, 0.3) is 0 Å². The largest absolute Gasteiger partial charge is 0.457 e. The van der Waals surface area contributed by atoms with Crippen LogP contribution in [0, 0.1) is 6.26 Å². The lowest BCUT2D eigenvalue weighted by atomic mass is 10.1. The van der Waals surface area contributed by atoms with Crippen molar-refractivity contribution < 1.29 is 35.5 Å². The van der Waals surface area contributed by atoms with E-state index in [1.54, 1.807) is 0 Å². The number of furan rings is 1. The molecule has 1 aromatic heterocycles. The van der Waals surface area contributed by atoms with Gasteiger partial charge in [0.2, 0.25) is 0 Å². The fourth-order valence-electron chi connectivity index (χ4n) is 1.42. The third-order valence-electron chi connectivity index (χ3n) is 2.29. The van der Waals surface area contributed by atoms with Crippen LogP contribution in [-0.2, 0) is 12.4 Å². The van der Waals surface area contributed by atoms with Crippen molar-refractivity contribution in [1.82, 2.24) is 0 Å². The molecule has 0 unspecified atom stereocenters. The summed E-state index contributed by atoms with van der Waals surface area (Å²) in [4.78, 5) is 0. The maximum atomic E-state index is 12.7. The van der Waals surface area contributed by atoms with E-state index in [0.29, 0.717) is 12.1 Å². The lowest BCUT2D eigenvalue weighted by molar-refractivity contribution is -0.142. The van der Waals surface area contributed by atoms with Gasteiger partial charge in [-0.3, -0.25) is 0 Å². The van der Waals surface area contributed by atoms with E-state index in [1.807, 2.05) is 0 Å². The Morgan fingerprint density at radius 2 is 1.70 bits per heavy atom. The van der Waals surface area contributed by atoms with Crippen LogP contribution in [0.5, 0.6) is 11.5 Å². The minimum Gasteiger partial charge on any atom is -0.457 e. The number of rotatable bonds is 2. The van der Waals surface area contributed by atoms with Crippen LogP contribution in [0.15, 0.2) is 34.9 Å². The van der Waals surface area contributed by atoms with Crippen LogP contribution in [-0.4, -0.2) is 0 Å². The number of hydrogen-bond acceptors (Lipinski definition) is 2. The van der Waals surface area contributed by atoms with Crippen LogP contribution in [0.3, 0.4) is 0 Å². The number of halogens is 6. The summed E-state index contributed by atoms with van der Waals surface area (Å²) in [5.41, 5.74) is -2.56. The second-order valence-electron chi connectivity index (χ2n) is 3.71. The molecule has 2 rings (SSSR count). The van der Waals surface area contributed by atoms with Crippen molar-refractivity contribution in [2.24, 2.45) is 0 Å². The molecule has 0 saturated heterocycles. The van der Waals surface area contributed by atoms with E-state index in [1.165, 1.54) is 0 Å². The van der Waals surface area contributed by atoms with Crippen LogP contribution in [0.4, 0.5) is 26.3 Å². The summed E-state index contributed by atoms with van der Waals surface area (Å²) in [5.74, 6) is -1.14. The summed E-state index contributed by atoms with van der Waals surface area (Å²) < 4.78 is 84.9. The molecule has 107 valence electrons. The van der Waals surface area contributed by atoms with Gasteiger partial charge in [-0.1, -0.05) is 0 Å². The van der Waals surface area contributed by atoms with Gasteiger partial charge >= 0.3 is 12.4 Å². The van der Waals surface area contributed by atoms with Crippen LogP contribution in [0.2, 0.25) is 0 Å². The zero-order valence-corrected chi connectivity index (χ0v) is 9.47. The molecule has 0 fully saturated rings. The molecule has 0 saturated carbocycles. The monoisotopic (exact) mass is 295 g/mol. The number of benzene rings is 1. The van der Waals surface area contributed by atoms with Crippen molar-refractivity contribution in [2.75, 3.05) is 0 Å². The van der Waals surface area contributed by atoms with Crippen molar-refractivity contribution in [3.8, 4) is 11.5 Å². The highest BCUT2D eigenvalue weighted by Crippen LogP contribution is 2.41. The summed E-state index contributed by atoms with van der Waals surface area (Å²) in [7, 11) is 0. The predicted molar refractivity (Wildman–Crippen MR) is 54.1 cm³/mol. The molecule has 20 heavy (non-hydrogen) atoms. The summed E-state index contributed by atoms with van der Waals surface area (Å²) in [5, 5.41) is 0. The van der Waals surface area contributed by atoms with Crippen LogP contribution >= 0.6 is 0 Å². The molecule has 0 spiro atoms. The molecule has 2 nitrogen and oxygen atoms in total. The molecule has 0 aliphatic carbocycles. The lowest BCUT2D eigenvalue weighted by Crippen LogP contribution is -2.10. The van der Waals surface area contributed by atoms with E-state index in [4.69, 9.17) is 4.74 Å². The minimum atomic E-state index is -4.84. The molecule has 0 aliphatic heterocycles. The van der Waals surface area contributed by atoms with Gasteiger partial charge in [-0.25, -0.2) is 0 Å². The highest BCUT2D eigenvalue weighted by atomic mass is 19.4. The zero-order valence-electron chi connectivity index (χ0n) is 9.47. The maximum absolute atomic E-state index is 12.7. The van der Waals surface area contributed by atoms with Crippen molar-refractivity contribution in [3.05, 3.63) is 47.9 Å². The minimum absolute atomic E-state index is 0.185. The molecule has 1 aromatic carbocycles. The Morgan fingerprint density at radius 1 is 1.00 bits per heavy atom. The number of alkyl halides is 6. The molecule has 8 heteroatoms. The van der Waals surface area contributed by atoms with Crippen LogP contribution in [0.1, 0.15) is 11.1 Å². The number of ether oxygens (including phenoxy) is 1. The smallest absolute Gasteiger partial charge is 0.419 e. The molecule has 1 radical (unpaired) electrons. The quantitative estimate of drug-likeness (QED) is 0.734. The Bertz CT molecular complexity index is 583. The van der Waals surface area contributed by atoms with E-state index < -0.39 is 29.2 Å². The van der Waals surface area contributed by atoms with E-state index in [2.05, 4.69) is 10.7 Å². The van der Waals surface area contributed by atoms with Crippen LogP contribution < -0.4 is 4.74 Å². The SMILES string of the molecule is FC(F)(F)c1ccc(C(F)(F)F)c(Oc2c[c]oc2)c1. The first-order valence-electron chi connectivity index (χ1n) is 5.09. The molecule has 1 heterocycles. The van der Waals surface area contributed by atoms with Gasteiger partial charge in [0.1, 0.15) is 12.0 Å². The molecular weight excluding hydrogens is 290 g/mol. The molecular formula is C12H5F6O2. The zero-order chi connectivity index (χ0) is 15.0. The van der Waals surface area contributed by atoms with Gasteiger partial charge in [0.15, 0.2) is 12.0 Å². The summed E-state index contributed by atoms with van der Waals surface area (Å²) in [6.07, 6.45) is -6.55. The van der Waals surface area contributed by atoms with Gasteiger partial charge < -0.3 is 9.15 Å². The summed E-state index contributed by atoms with van der Waals surface area (Å²) in [6, 6.07) is 2.01. The van der Waals surface area contributed by atoms with E-state index in [-0.39, 0.29) is 11.8 Å². The fourth-order valence-corrected chi connectivity index (χ4v) is 1.42. The van der Waals surface area contributed by atoms with Crippen molar-refractivity contribution in [3.63, 3.8) is 0 Å². The van der Waals surface area contributed by atoms with E-state index in [9.17, 15) is 26.3 Å². The Balaban J connectivity index is 2.48. The third kappa shape index (κ3) is 3.06. The highest BCUT2D eigenvalue weighted by Gasteiger charge is 2.38. The Hall–Kier alpha value is -2.12. The van der Waals surface area contributed by atoms with Gasteiger partial charge in [-0.15, -0.1) is 0 Å². The van der Waals surface area contributed by atoms with Crippen molar-refractivity contribution in [1.29, 1.82) is 0 Å². The predicted octanol–water partition coefficient (Wildman–Crippen LogP) is 4.91. The standard InChI is InChI=1S/C12H5F6O2/c13-11(14,15)7-1-2-9(12(16,17)18)10(5-7)20-8-3-4-19-6-8/h1-3,5-6H. The first-order chi connectivity index (χ1) is 9.18. The van der Waals surface area contributed by atoms with E-state index in [0.717, 1.165) is 12.3 Å². The topological polar surface area (TPSA) is 22.4 Å². The molecule has 0 atom stereocenters. The maximum Gasteiger partial charge on any atom is 0.419 e. The average Bonchev–Trinajstić information content (AvgIpc) is 2.79. The molecule has 0 amide bonds. The molecule has 0 aliphatic rings. The first-order valence-corrected chi connectivity index (χ1v) is 5.09. The molecule has 2 aromatic rings. The average molecular weight is 295 g/mol. The van der Waals surface area contributed by atoms with Crippen LogP contribution in [0.25, 0.3) is 0 Å². The molecule has 0 N–H and O–H groups in total. The highest BCUT2D eigenvalue weighted by molar-refractivity contribution is 5.42. The summed E-state index contributed by atoms with van der Waals surface area (Å²) in [6.45, 7) is 0. The normalized spacial score (nSPS) is 12.5. The Morgan fingerprint density at radius 3 is 2.20 bits per heavy atom. The van der Waals surface area contributed by atoms with Crippen molar-refractivity contribution in [2.45, 2.75) is 12.4 Å². The Kier molecular flexibility index (Phi) is 3.41.